The molecule has 0 saturated heterocycles. The van der Waals surface area contributed by atoms with Gasteiger partial charge in [-0.2, -0.15) is 17.7 Å². The Balaban J connectivity index is 0.000000193. The molecule has 6 rings (SSSR count). The third kappa shape index (κ3) is 6.10. The first-order valence-corrected chi connectivity index (χ1v) is 12.6. The molecule has 0 radical (unpaired) electrons. The van der Waals surface area contributed by atoms with E-state index in [2.05, 4.69) is 128 Å². The second-order valence-corrected chi connectivity index (χ2v) is 9.72. The van der Waals surface area contributed by atoms with Crippen LogP contribution in [-0.4, -0.2) is 3.21 Å². The third-order valence-corrected chi connectivity index (χ3v) is 7.70. The van der Waals surface area contributed by atoms with Crippen LogP contribution in [0.3, 0.4) is 0 Å². The van der Waals surface area contributed by atoms with Gasteiger partial charge in [0.2, 0.25) is 0 Å². The summed E-state index contributed by atoms with van der Waals surface area (Å²) >= 11 is 1.46. The fraction of sp³-hybridized carbons (Fsp3) is 0.0938. The van der Waals surface area contributed by atoms with E-state index in [1.54, 1.807) is 0 Å². The molecule has 0 nitrogen and oxygen atoms in total. The van der Waals surface area contributed by atoms with Crippen LogP contribution in [0, 0.1) is 13.0 Å². The van der Waals surface area contributed by atoms with Gasteiger partial charge in [0.15, 0.2) is 0 Å². The van der Waals surface area contributed by atoms with E-state index in [1.165, 1.54) is 71.9 Å². The quantitative estimate of drug-likeness (QED) is 0.287. The van der Waals surface area contributed by atoms with E-state index >= 15 is 0 Å². The summed E-state index contributed by atoms with van der Waals surface area (Å²) in [5.41, 5.74) is 10.9. The average molecular weight is 572 g/mol. The van der Waals surface area contributed by atoms with Gasteiger partial charge in [-0.05, 0) is 12.3 Å². The molecule has 0 atom stereocenters. The third-order valence-electron chi connectivity index (χ3n) is 6.28. The van der Waals surface area contributed by atoms with Crippen LogP contribution in [0.1, 0.15) is 39.3 Å². The zero-order valence-electron chi connectivity index (χ0n) is 19.5. The van der Waals surface area contributed by atoms with E-state index in [-0.39, 0.29) is 24.8 Å². The second kappa shape index (κ2) is 12.6. The fourth-order valence-corrected chi connectivity index (χ4v) is 5.38. The van der Waals surface area contributed by atoms with Crippen molar-refractivity contribution in [3.8, 4) is 11.1 Å². The minimum absolute atomic E-state index is 0. The number of hydrogen-bond donors (Lipinski definition) is 0. The summed E-state index contributed by atoms with van der Waals surface area (Å²) in [5, 5.41) is 0. The van der Waals surface area contributed by atoms with Crippen molar-refractivity contribution in [3.05, 3.63) is 155 Å². The molecule has 35 heavy (non-hydrogen) atoms. The molecule has 0 N–H and O–H groups in total. The Bertz CT molecular complexity index is 1300. The zero-order chi connectivity index (χ0) is 22.6. The van der Waals surface area contributed by atoms with Gasteiger partial charge in [0.1, 0.15) is 0 Å². The minimum atomic E-state index is 0. The normalized spacial score (nSPS) is 12.5. The van der Waals surface area contributed by atoms with Crippen molar-refractivity contribution in [1.29, 1.82) is 0 Å². The monoisotopic (exact) mass is 569 g/mol. The fourth-order valence-electron chi connectivity index (χ4n) is 4.56. The van der Waals surface area contributed by atoms with Crippen molar-refractivity contribution in [2.75, 3.05) is 0 Å². The second-order valence-electron chi connectivity index (χ2n) is 8.49. The molecular weight excluding hydrogens is 546 g/mol. The van der Waals surface area contributed by atoms with E-state index in [0.29, 0.717) is 5.92 Å². The first-order valence-electron chi connectivity index (χ1n) is 11.4. The van der Waals surface area contributed by atoms with Crippen LogP contribution in [-0.2, 0) is 30.7 Å². The van der Waals surface area contributed by atoms with E-state index in [4.69, 9.17) is 0 Å². The first kappa shape index (κ1) is 27.3. The average Bonchev–Trinajstić information content (AvgIpc) is 3.53. The molecule has 0 aromatic heterocycles. The molecular formula is C32H25Cl2Zr-. The van der Waals surface area contributed by atoms with Gasteiger partial charge < -0.3 is 24.8 Å². The summed E-state index contributed by atoms with van der Waals surface area (Å²) in [6.45, 7) is 2.20. The van der Waals surface area contributed by atoms with Crippen molar-refractivity contribution in [3.63, 3.8) is 0 Å². The van der Waals surface area contributed by atoms with Gasteiger partial charge in [-0.15, -0.1) is 16.7 Å². The van der Waals surface area contributed by atoms with Crippen LogP contribution in [0.25, 0.3) is 11.1 Å². The first-order chi connectivity index (χ1) is 16.2. The Morgan fingerprint density at radius 2 is 1.29 bits per heavy atom. The Kier molecular flexibility index (Phi) is 9.82. The number of allylic oxidation sites excluding steroid dienone is 4. The number of halogens is 2. The predicted molar refractivity (Wildman–Crippen MR) is 135 cm³/mol. The maximum absolute atomic E-state index is 3.68. The molecule has 172 valence electrons. The molecule has 0 heterocycles. The van der Waals surface area contributed by atoms with Gasteiger partial charge in [0, 0.05) is 0 Å². The number of rotatable bonds is 3. The van der Waals surface area contributed by atoms with Crippen LogP contribution in [0.15, 0.2) is 115 Å². The molecule has 0 unspecified atom stereocenters. The molecule has 2 aliphatic carbocycles. The van der Waals surface area contributed by atoms with Gasteiger partial charge in [-0.3, -0.25) is 0 Å². The summed E-state index contributed by atoms with van der Waals surface area (Å²) in [6, 6.07) is 35.8. The van der Waals surface area contributed by atoms with Crippen molar-refractivity contribution in [2.45, 2.75) is 19.3 Å². The molecule has 3 heteroatoms. The Morgan fingerprint density at radius 1 is 0.743 bits per heavy atom. The van der Waals surface area contributed by atoms with Crippen LogP contribution < -0.4 is 24.8 Å². The van der Waals surface area contributed by atoms with E-state index in [1.807, 2.05) is 0 Å². The summed E-state index contributed by atoms with van der Waals surface area (Å²) in [6.07, 6.45) is 9.76. The van der Waals surface area contributed by atoms with Crippen molar-refractivity contribution >= 4 is 3.21 Å². The Morgan fingerprint density at radius 3 is 1.89 bits per heavy atom. The van der Waals surface area contributed by atoms with Crippen LogP contribution in [0.5, 0.6) is 0 Å². The molecule has 0 spiro atoms. The van der Waals surface area contributed by atoms with Crippen LogP contribution in [0.4, 0.5) is 0 Å². The number of fused-ring (bicyclic) bond motifs is 3. The van der Waals surface area contributed by atoms with Crippen LogP contribution >= 0.6 is 0 Å². The van der Waals surface area contributed by atoms with E-state index in [0.717, 1.165) is 6.42 Å². The van der Waals surface area contributed by atoms with Gasteiger partial charge in [-0.1, -0.05) is 66.6 Å². The van der Waals surface area contributed by atoms with E-state index in [9.17, 15) is 0 Å². The Hall–Kier alpha value is -2.31. The van der Waals surface area contributed by atoms with Crippen LogP contribution in [0.2, 0.25) is 0 Å². The van der Waals surface area contributed by atoms with Gasteiger partial charge in [0.05, 0.1) is 0 Å². The van der Waals surface area contributed by atoms with Crippen molar-refractivity contribution in [2.24, 2.45) is 0 Å². The molecule has 0 saturated carbocycles. The number of hydrogen-bond acceptors (Lipinski definition) is 0. The summed E-state index contributed by atoms with van der Waals surface area (Å²) < 4.78 is 1.42. The number of aryl methyl sites for hydroxylation is 1. The number of benzene rings is 4. The molecule has 0 bridgehead atoms. The maximum atomic E-state index is 3.68. The summed E-state index contributed by atoms with van der Waals surface area (Å²) in [7, 11) is 0. The summed E-state index contributed by atoms with van der Waals surface area (Å²) in [4.78, 5) is 0. The zero-order valence-corrected chi connectivity index (χ0v) is 23.5. The van der Waals surface area contributed by atoms with Crippen molar-refractivity contribution < 1.29 is 49.0 Å². The van der Waals surface area contributed by atoms with E-state index < -0.39 is 0 Å². The molecule has 2 aliphatic rings. The molecule has 0 fully saturated rings. The SMILES string of the molecule is Cc1cc2c([c-]c1C1C=CC=C1)Cc1ccccc1-2.[Cl-].[Cl-].[Zr+2]=[C](c1ccccc1)c1ccccc1. The standard InChI is InChI=1S/C19H15.C13H10.2ClH.Zr/c1-13-10-19-16(11-15-8-4-5-9-17(15)19)12-18(13)14-6-2-3-7-14;1-3-7-12(8-4-1)11-13-9-5-2-6-10-13;;;/h2-10,14H,11H2,1H3;1-10H;2*1H;/q-1;;;;+2/p-2. The summed E-state index contributed by atoms with van der Waals surface area (Å²) in [5.74, 6) is 0.411. The molecule has 0 amide bonds. The predicted octanol–water partition coefficient (Wildman–Crippen LogP) is 1.39. The molecule has 0 aliphatic heterocycles. The topological polar surface area (TPSA) is 0 Å². The van der Waals surface area contributed by atoms with Crippen molar-refractivity contribution in [1.82, 2.24) is 0 Å². The van der Waals surface area contributed by atoms with Gasteiger partial charge in [0.25, 0.3) is 0 Å². The van der Waals surface area contributed by atoms with Gasteiger partial charge >= 0.3 is 99.2 Å². The Labute approximate surface area is 236 Å². The molecule has 4 aromatic rings. The van der Waals surface area contributed by atoms with Gasteiger partial charge in [-0.25, -0.2) is 0 Å². The molecule has 4 aromatic carbocycles.